The lowest BCUT2D eigenvalue weighted by Gasteiger charge is -2.32. The molecule has 0 aliphatic rings. The minimum atomic E-state index is -2.19. The van der Waals surface area contributed by atoms with Crippen molar-refractivity contribution in [1.29, 1.82) is 0 Å². The van der Waals surface area contributed by atoms with Crippen LogP contribution in [0.1, 0.15) is 0 Å². The van der Waals surface area contributed by atoms with Crippen LogP contribution in [-0.2, 0) is 0 Å². The lowest BCUT2D eigenvalue weighted by molar-refractivity contribution is -0.181. The van der Waals surface area contributed by atoms with Crippen molar-refractivity contribution in [2.24, 2.45) is 0 Å². The molecule has 0 saturated heterocycles. The van der Waals surface area contributed by atoms with Crippen molar-refractivity contribution in [1.82, 2.24) is 0 Å². The first-order chi connectivity index (χ1) is 9.18. The predicted octanol–water partition coefficient (Wildman–Crippen LogP) is -6.14. The highest BCUT2D eigenvalue weighted by Gasteiger charge is 2.40. The molecule has 10 heteroatoms. The van der Waals surface area contributed by atoms with Crippen molar-refractivity contribution < 1.29 is 51.1 Å². The molecule has 122 valence electrons. The van der Waals surface area contributed by atoms with Crippen LogP contribution in [0.25, 0.3) is 0 Å². The van der Waals surface area contributed by atoms with E-state index < -0.39 is 62.0 Å². The molecule has 0 bridgehead atoms. The molecule has 0 fully saturated rings. The monoisotopic (exact) mass is 302 g/mol. The molecule has 0 spiro atoms. The van der Waals surface area contributed by atoms with Crippen LogP contribution in [0.15, 0.2) is 0 Å². The molecule has 0 aromatic heterocycles. The fourth-order valence-electron chi connectivity index (χ4n) is 1.48. The third-order valence-corrected chi connectivity index (χ3v) is 2.91. The fourth-order valence-corrected chi connectivity index (χ4v) is 1.48. The van der Waals surface area contributed by atoms with Gasteiger partial charge in [-0.1, -0.05) is 0 Å². The largest absolute Gasteiger partial charge is 0.394 e. The van der Waals surface area contributed by atoms with E-state index in [2.05, 4.69) is 0 Å². The van der Waals surface area contributed by atoms with Crippen LogP contribution >= 0.6 is 0 Å². The van der Waals surface area contributed by atoms with E-state index in [0.717, 1.165) is 0 Å². The van der Waals surface area contributed by atoms with Gasteiger partial charge in [0.15, 0.2) is 0 Å². The second kappa shape index (κ2) is 8.79. The van der Waals surface area contributed by atoms with Gasteiger partial charge in [0.25, 0.3) is 0 Å². The van der Waals surface area contributed by atoms with Crippen molar-refractivity contribution in [3.05, 3.63) is 0 Å². The minimum absolute atomic E-state index is 0.921. The Hall–Kier alpha value is -0.400. The van der Waals surface area contributed by atoms with E-state index in [4.69, 9.17) is 20.4 Å². The highest BCUT2D eigenvalue weighted by atomic mass is 16.4. The van der Waals surface area contributed by atoms with Gasteiger partial charge in [0.1, 0.15) is 48.8 Å². The van der Waals surface area contributed by atoms with E-state index >= 15 is 0 Å². The maximum atomic E-state index is 9.51. The van der Waals surface area contributed by atoms with E-state index in [1.54, 1.807) is 0 Å². The van der Waals surface area contributed by atoms with Crippen molar-refractivity contribution in [2.75, 3.05) is 13.2 Å². The Kier molecular flexibility index (Phi) is 8.62. The van der Waals surface area contributed by atoms with Crippen LogP contribution in [0, 0.1) is 0 Å². The predicted molar refractivity (Wildman–Crippen MR) is 62.2 cm³/mol. The van der Waals surface area contributed by atoms with E-state index in [1.165, 1.54) is 0 Å². The van der Waals surface area contributed by atoms with Gasteiger partial charge in [0.2, 0.25) is 0 Å². The summed E-state index contributed by atoms with van der Waals surface area (Å²) in [6, 6.07) is 0. The molecule has 10 nitrogen and oxygen atoms in total. The Balaban J connectivity index is 4.71. The zero-order chi connectivity index (χ0) is 16.0. The van der Waals surface area contributed by atoms with Crippen molar-refractivity contribution in [2.45, 2.75) is 48.8 Å². The topological polar surface area (TPSA) is 202 Å². The minimum Gasteiger partial charge on any atom is -0.394 e. The molecule has 0 amide bonds. The standard InChI is InChI=1S/C10H22O10/c11-1-3(13)5(15)7(17)9(19)10(20)8(18)6(16)4(14)2-12/h3-20H,1-2H2. The quantitative estimate of drug-likeness (QED) is 0.195. The second-order valence-corrected chi connectivity index (χ2v) is 4.44. The summed E-state index contributed by atoms with van der Waals surface area (Å²) in [4.78, 5) is 0. The Morgan fingerprint density at radius 2 is 0.600 bits per heavy atom. The smallest absolute Gasteiger partial charge is 0.111 e. The molecule has 20 heavy (non-hydrogen) atoms. The molecule has 10 N–H and O–H groups in total. The molecule has 0 saturated carbocycles. The maximum Gasteiger partial charge on any atom is 0.111 e. The average molecular weight is 302 g/mol. The highest BCUT2D eigenvalue weighted by molar-refractivity contribution is 4.91. The third kappa shape index (κ3) is 4.86. The summed E-state index contributed by atoms with van der Waals surface area (Å²) in [5, 5.41) is 91.8. The zero-order valence-electron chi connectivity index (χ0n) is 10.5. The van der Waals surface area contributed by atoms with Crippen molar-refractivity contribution in [3.63, 3.8) is 0 Å². The van der Waals surface area contributed by atoms with Gasteiger partial charge in [-0.05, 0) is 0 Å². The van der Waals surface area contributed by atoms with E-state index in [9.17, 15) is 30.6 Å². The third-order valence-electron chi connectivity index (χ3n) is 2.91. The van der Waals surface area contributed by atoms with E-state index in [0.29, 0.717) is 0 Å². The fraction of sp³-hybridized carbons (Fsp3) is 1.00. The Bertz CT molecular complexity index is 238. The molecule has 0 aromatic carbocycles. The zero-order valence-corrected chi connectivity index (χ0v) is 10.5. The van der Waals surface area contributed by atoms with E-state index in [1.807, 2.05) is 0 Å². The van der Waals surface area contributed by atoms with Crippen LogP contribution in [0.4, 0.5) is 0 Å². The van der Waals surface area contributed by atoms with E-state index in [-0.39, 0.29) is 0 Å². The lowest BCUT2D eigenvalue weighted by Crippen LogP contribution is -2.56. The van der Waals surface area contributed by atoms with Crippen molar-refractivity contribution in [3.8, 4) is 0 Å². The summed E-state index contributed by atoms with van der Waals surface area (Å²) in [5.41, 5.74) is 0. The number of rotatable bonds is 9. The molecular formula is C10H22O10. The highest BCUT2D eigenvalue weighted by Crippen LogP contribution is 2.14. The first-order valence-electron chi connectivity index (χ1n) is 5.85. The first kappa shape index (κ1) is 19.6. The average Bonchev–Trinajstić information content (AvgIpc) is 2.48. The van der Waals surface area contributed by atoms with Crippen LogP contribution in [-0.4, -0.2) is 113 Å². The van der Waals surface area contributed by atoms with Crippen LogP contribution in [0.3, 0.4) is 0 Å². The number of hydrogen-bond donors (Lipinski definition) is 10. The van der Waals surface area contributed by atoms with Crippen LogP contribution in [0.5, 0.6) is 0 Å². The van der Waals surface area contributed by atoms with Crippen molar-refractivity contribution >= 4 is 0 Å². The molecule has 0 heterocycles. The molecular weight excluding hydrogens is 280 g/mol. The number of hydrogen-bond acceptors (Lipinski definition) is 10. The van der Waals surface area contributed by atoms with Crippen LogP contribution in [0.2, 0.25) is 0 Å². The Morgan fingerprint density at radius 3 is 0.800 bits per heavy atom. The lowest BCUT2D eigenvalue weighted by atomic mass is 9.93. The summed E-state index contributed by atoms with van der Waals surface area (Å²) >= 11 is 0. The Labute approximate surface area is 114 Å². The molecule has 0 aliphatic carbocycles. The van der Waals surface area contributed by atoms with Gasteiger partial charge in [-0.2, -0.15) is 0 Å². The Morgan fingerprint density at radius 1 is 0.400 bits per heavy atom. The maximum absolute atomic E-state index is 9.51. The van der Waals surface area contributed by atoms with Gasteiger partial charge in [-0.3, -0.25) is 0 Å². The summed E-state index contributed by atoms with van der Waals surface area (Å²) in [6.07, 6.45) is -16.3. The molecule has 0 aliphatic heterocycles. The second-order valence-electron chi connectivity index (χ2n) is 4.44. The summed E-state index contributed by atoms with van der Waals surface area (Å²) in [6.45, 7) is -1.84. The molecule has 0 radical (unpaired) electrons. The first-order valence-corrected chi connectivity index (χ1v) is 5.85. The molecule has 8 atom stereocenters. The number of aliphatic hydroxyl groups is 10. The summed E-state index contributed by atoms with van der Waals surface area (Å²) < 4.78 is 0. The van der Waals surface area contributed by atoms with Gasteiger partial charge < -0.3 is 51.1 Å². The van der Waals surface area contributed by atoms with Gasteiger partial charge in [0, 0.05) is 0 Å². The van der Waals surface area contributed by atoms with Gasteiger partial charge in [-0.15, -0.1) is 0 Å². The summed E-state index contributed by atoms with van der Waals surface area (Å²) in [7, 11) is 0. The molecule has 0 rings (SSSR count). The number of aliphatic hydroxyl groups excluding tert-OH is 10. The SMILES string of the molecule is OCC(O)C(O)C(O)C(O)C(O)C(O)C(O)C(O)CO. The summed E-state index contributed by atoms with van der Waals surface area (Å²) in [5.74, 6) is 0. The van der Waals surface area contributed by atoms with Gasteiger partial charge in [-0.25, -0.2) is 0 Å². The molecule has 0 aromatic rings. The van der Waals surface area contributed by atoms with Gasteiger partial charge in [0.05, 0.1) is 13.2 Å². The molecule has 8 unspecified atom stereocenters. The normalized spacial score (nSPS) is 24.3. The van der Waals surface area contributed by atoms with Crippen LogP contribution < -0.4 is 0 Å². The van der Waals surface area contributed by atoms with Gasteiger partial charge >= 0.3 is 0 Å².